The summed E-state index contributed by atoms with van der Waals surface area (Å²) in [6.07, 6.45) is 0.448. The van der Waals surface area contributed by atoms with Gasteiger partial charge < -0.3 is 9.90 Å². The van der Waals surface area contributed by atoms with Gasteiger partial charge in [0, 0.05) is 0 Å². The molecular weight excluding hydrogens is 199 g/mol. The van der Waals surface area contributed by atoms with Crippen molar-refractivity contribution >= 4 is 29.5 Å². The van der Waals surface area contributed by atoms with Crippen LogP contribution < -0.4 is 0 Å². The lowest BCUT2D eigenvalue weighted by Crippen LogP contribution is -1.81. The van der Waals surface area contributed by atoms with Gasteiger partial charge in [-0.25, -0.2) is 0 Å². The van der Waals surface area contributed by atoms with Gasteiger partial charge in [-0.3, -0.25) is 0 Å². The Kier molecular flexibility index (Phi) is 6.53. The standard InChI is InChI=1S/C6H6O.C2H2Cl2O/c7-6-4-2-1-3-5-6;3-2(4)1-5/h1-5,7H;1-2H. The quantitative estimate of drug-likeness (QED) is 0.567. The first-order valence-electron chi connectivity index (χ1n) is 3.14. The minimum Gasteiger partial charge on any atom is -0.508 e. The number of phenolic OH excluding ortho intramolecular Hbond substituents is 1. The van der Waals surface area contributed by atoms with E-state index < -0.39 is 4.84 Å². The second kappa shape index (κ2) is 6.95. The minimum absolute atomic E-state index is 0.322. The number of halogens is 2. The molecule has 0 bridgehead atoms. The van der Waals surface area contributed by atoms with Gasteiger partial charge in [-0.2, -0.15) is 0 Å². The highest BCUT2D eigenvalue weighted by Gasteiger charge is 1.86. The van der Waals surface area contributed by atoms with Crippen molar-refractivity contribution in [2.24, 2.45) is 0 Å². The van der Waals surface area contributed by atoms with E-state index >= 15 is 0 Å². The predicted octanol–water partition coefficient (Wildman–Crippen LogP) is 2.38. The van der Waals surface area contributed by atoms with Gasteiger partial charge in [0.15, 0.2) is 11.1 Å². The lowest BCUT2D eigenvalue weighted by Gasteiger charge is -1.82. The first kappa shape index (κ1) is 11.3. The van der Waals surface area contributed by atoms with E-state index in [1.165, 1.54) is 0 Å². The Hall–Kier alpha value is -0.730. The largest absolute Gasteiger partial charge is 0.508 e. The fraction of sp³-hybridized carbons (Fsp3) is 0.125. The monoisotopic (exact) mass is 206 g/mol. The lowest BCUT2D eigenvalue weighted by atomic mass is 10.3. The molecule has 0 heterocycles. The Morgan fingerprint density at radius 3 is 1.83 bits per heavy atom. The molecule has 1 rings (SSSR count). The van der Waals surface area contributed by atoms with Crippen LogP contribution in [-0.4, -0.2) is 16.2 Å². The van der Waals surface area contributed by atoms with E-state index in [1.807, 2.05) is 6.07 Å². The molecule has 0 aromatic heterocycles. The summed E-state index contributed by atoms with van der Waals surface area (Å²) in [6.45, 7) is 0. The summed E-state index contributed by atoms with van der Waals surface area (Å²) in [6, 6.07) is 8.71. The molecule has 0 saturated carbocycles. The molecule has 1 N–H and O–H groups in total. The maximum Gasteiger partial charge on any atom is 0.162 e. The number of hydrogen-bond acceptors (Lipinski definition) is 2. The lowest BCUT2D eigenvalue weighted by molar-refractivity contribution is -0.106. The predicted molar refractivity (Wildman–Crippen MR) is 49.7 cm³/mol. The molecule has 2 nitrogen and oxygen atoms in total. The van der Waals surface area contributed by atoms with E-state index in [1.54, 1.807) is 24.3 Å². The molecule has 0 aliphatic rings. The fourth-order valence-electron chi connectivity index (χ4n) is 0.428. The van der Waals surface area contributed by atoms with E-state index in [2.05, 4.69) is 0 Å². The Morgan fingerprint density at radius 1 is 1.25 bits per heavy atom. The maximum absolute atomic E-state index is 9.24. The molecule has 0 amide bonds. The summed E-state index contributed by atoms with van der Waals surface area (Å²) in [5.74, 6) is 0.322. The number of benzene rings is 1. The van der Waals surface area contributed by atoms with Crippen LogP contribution in [0.1, 0.15) is 0 Å². The zero-order chi connectivity index (χ0) is 9.40. The molecule has 0 saturated heterocycles. The van der Waals surface area contributed by atoms with Crippen LogP contribution in [0.4, 0.5) is 0 Å². The van der Waals surface area contributed by atoms with Crippen molar-refractivity contribution in [3.63, 3.8) is 0 Å². The number of rotatable bonds is 1. The number of phenols is 1. The maximum atomic E-state index is 9.24. The summed E-state index contributed by atoms with van der Waals surface area (Å²) in [5.41, 5.74) is 0. The Balaban J connectivity index is 0.000000217. The van der Waals surface area contributed by atoms with Gasteiger partial charge in [0.1, 0.15) is 5.75 Å². The van der Waals surface area contributed by atoms with Crippen molar-refractivity contribution < 1.29 is 9.90 Å². The first-order chi connectivity index (χ1) is 5.66. The van der Waals surface area contributed by atoms with Gasteiger partial charge in [-0.15, -0.1) is 0 Å². The molecule has 12 heavy (non-hydrogen) atoms. The molecule has 0 radical (unpaired) electrons. The third-order valence-corrected chi connectivity index (χ3v) is 1.06. The van der Waals surface area contributed by atoms with Crippen LogP contribution in [0.25, 0.3) is 0 Å². The number of alkyl halides is 2. The summed E-state index contributed by atoms with van der Waals surface area (Å²) in [7, 11) is 0. The Labute approximate surface area is 80.7 Å². The highest BCUT2D eigenvalue weighted by Crippen LogP contribution is 2.02. The number of hydrogen-bond donors (Lipinski definition) is 1. The van der Waals surface area contributed by atoms with Gasteiger partial charge in [0.05, 0.1) is 0 Å². The molecule has 0 atom stereocenters. The van der Waals surface area contributed by atoms with E-state index in [-0.39, 0.29) is 0 Å². The molecule has 1 aromatic rings. The van der Waals surface area contributed by atoms with Crippen LogP contribution in [0.15, 0.2) is 30.3 Å². The van der Waals surface area contributed by atoms with Crippen LogP contribution in [0.5, 0.6) is 5.75 Å². The number of carbonyl (C=O) groups excluding carboxylic acids is 1. The second-order valence-electron chi connectivity index (χ2n) is 1.81. The van der Waals surface area contributed by atoms with E-state index in [4.69, 9.17) is 28.3 Å². The summed E-state index contributed by atoms with van der Waals surface area (Å²) in [5, 5.41) is 8.63. The van der Waals surface area contributed by atoms with Gasteiger partial charge in [0.2, 0.25) is 0 Å². The first-order valence-corrected chi connectivity index (χ1v) is 4.01. The van der Waals surface area contributed by atoms with Crippen molar-refractivity contribution in [2.45, 2.75) is 4.84 Å². The normalized spacial score (nSPS) is 8.58. The van der Waals surface area contributed by atoms with Gasteiger partial charge in [0.25, 0.3) is 0 Å². The van der Waals surface area contributed by atoms with E-state index in [9.17, 15) is 4.79 Å². The summed E-state index contributed by atoms with van der Waals surface area (Å²) in [4.78, 5) is 8.39. The summed E-state index contributed by atoms with van der Waals surface area (Å²) >= 11 is 9.72. The zero-order valence-corrected chi connectivity index (χ0v) is 7.66. The number of para-hydroxylation sites is 1. The van der Waals surface area contributed by atoms with Crippen LogP contribution in [0.2, 0.25) is 0 Å². The minimum atomic E-state index is -0.852. The van der Waals surface area contributed by atoms with Crippen LogP contribution in [0, 0.1) is 0 Å². The SMILES string of the molecule is O=CC(Cl)Cl.Oc1ccccc1. The molecule has 4 heteroatoms. The third-order valence-electron chi connectivity index (χ3n) is 0.859. The second-order valence-corrected chi connectivity index (χ2v) is 2.97. The smallest absolute Gasteiger partial charge is 0.162 e. The third kappa shape index (κ3) is 7.38. The average molecular weight is 207 g/mol. The van der Waals surface area contributed by atoms with Crippen molar-refractivity contribution in [3.8, 4) is 5.75 Å². The molecule has 0 fully saturated rings. The molecular formula is C8H8Cl2O2. The topological polar surface area (TPSA) is 37.3 Å². The summed E-state index contributed by atoms with van der Waals surface area (Å²) < 4.78 is 0. The number of aromatic hydroxyl groups is 1. The highest BCUT2D eigenvalue weighted by atomic mass is 35.5. The van der Waals surface area contributed by atoms with Crippen molar-refractivity contribution in [3.05, 3.63) is 30.3 Å². The van der Waals surface area contributed by atoms with Crippen LogP contribution in [0.3, 0.4) is 0 Å². The van der Waals surface area contributed by atoms with Crippen molar-refractivity contribution in [2.75, 3.05) is 0 Å². The van der Waals surface area contributed by atoms with Gasteiger partial charge >= 0.3 is 0 Å². The molecule has 0 spiro atoms. The van der Waals surface area contributed by atoms with Gasteiger partial charge in [-0.1, -0.05) is 41.4 Å². The number of carbonyl (C=O) groups is 1. The highest BCUT2D eigenvalue weighted by molar-refractivity contribution is 6.51. The fourth-order valence-corrected chi connectivity index (χ4v) is 0.428. The zero-order valence-electron chi connectivity index (χ0n) is 6.15. The Bertz CT molecular complexity index is 212. The molecule has 1 aromatic carbocycles. The number of aldehydes is 1. The molecule has 0 aliphatic heterocycles. The molecule has 0 unspecified atom stereocenters. The molecule has 66 valence electrons. The van der Waals surface area contributed by atoms with Crippen LogP contribution >= 0.6 is 23.2 Å². The Morgan fingerprint density at radius 2 is 1.67 bits per heavy atom. The van der Waals surface area contributed by atoms with Crippen LogP contribution in [-0.2, 0) is 4.79 Å². The van der Waals surface area contributed by atoms with E-state index in [0.717, 1.165) is 0 Å². The van der Waals surface area contributed by atoms with E-state index in [0.29, 0.717) is 12.0 Å². The van der Waals surface area contributed by atoms with Gasteiger partial charge in [-0.05, 0) is 12.1 Å². The average Bonchev–Trinajstić information content (AvgIpc) is 2.07. The van der Waals surface area contributed by atoms with Crippen molar-refractivity contribution in [1.82, 2.24) is 0 Å². The molecule has 0 aliphatic carbocycles. The van der Waals surface area contributed by atoms with Crippen molar-refractivity contribution in [1.29, 1.82) is 0 Å².